The largest absolute Gasteiger partial charge is 0.309 e. The lowest BCUT2D eigenvalue weighted by atomic mass is 10.1. The van der Waals surface area contributed by atoms with Crippen LogP contribution in [0.4, 0.5) is 0 Å². The Labute approximate surface area is 145 Å². The summed E-state index contributed by atoms with van der Waals surface area (Å²) in [5.74, 6) is 0.615. The number of hydrogen-bond acceptors (Lipinski definition) is 3. The molecule has 0 saturated carbocycles. The molecule has 0 saturated heterocycles. The van der Waals surface area contributed by atoms with Crippen molar-refractivity contribution in [2.45, 2.75) is 26.7 Å². The van der Waals surface area contributed by atoms with Crippen LogP contribution in [0.15, 0.2) is 42.1 Å². The number of hydroxylamine groups is 1. The highest BCUT2D eigenvalue weighted by molar-refractivity contribution is 6.30. The Hall–Kier alpha value is -1.29. The molecule has 0 aliphatic carbocycles. The normalized spacial score (nSPS) is 12.6. The molecule has 1 aromatic rings. The van der Waals surface area contributed by atoms with Crippen LogP contribution in [0.3, 0.4) is 0 Å². The van der Waals surface area contributed by atoms with Crippen molar-refractivity contribution in [1.29, 1.82) is 0 Å². The second-order valence-corrected chi connectivity index (χ2v) is 6.72. The number of halogens is 1. The molecule has 0 spiro atoms. The van der Waals surface area contributed by atoms with Gasteiger partial charge in [-0.3, -0.25) is 10.3 Å². The smallest absolute Gasteiger partial charge is 0.0758 e. The van der Waals surface area contributed by atoms with Crippen molar-refractivity contribution in [2.24, 2.45) is 5.92 Å². The quantitative estimate of drug-likeness (QED) is 0.379. The van der Waals surface area contributed by atoms with Crippen molar-refractivity contribution in [2.75, 3.05) is 27.2 Å². The molecular weight excluding hydrogens is 308 g/mol. The predicted molar refractivity (Wildman–Crippen MR) is 100 cm³/mol. The van der Waals surface area contributed by atoms with Gasteiger partial charge in [0.15, 0.2) is 0 Å². The fourth-order valence-corrected chi connectivity index (χ4v) is 1.98. The second kappa shape index (κ2) is 11.3. The zero-order valence-electron chi connectivity index (χ0n) is 14.7. The second-order valence-electron chi connectivity index (χ2n) is 6.28. The van der Waals surface area contributed by atoms with E-state index in [1.165, 1.54) is 0 Å². The lowest BCUT2D eigenvalue weighted by Crippen LogP contribution is -2.19. The first-order valence-electron chi connectivity index (χ1n) is 8.13. The molecule has 0 aliphatic heterocycles. The fraction of sp³-hybridized carbons (Fsp3) is 0.474. The van der Waals surface area contributed by atoms with Gasteiger partial charge in [-0.2, -0.15) is 0 Å². The van der Waals surface area contributed by atoms with Gasteiger partial charge in [-0.05, 0) is 63.2 Å². The lowest BCUT2D eigenvalue weighted by Gasteiger charge is -2.11. The summed E-state index contributed by atoms with van der Waals surface area (Å²) >= 11 is 5.91. The molecule has 4 heteroatoms. The van der Waals surface area contributed by atoms with Gasteiger partial charge in [-0.15, -0.1) is 0 Å². The molecule has 0 aliphatic rings. The van der Waals surface area contributed by atoms with E-state index in [-0.39, 0.29) is 0 Å². The van der Waals surface area contributed by atoms with Gasteiger partial charge in [0.1, 0.15) is 0 Å². The average Bonchev–Trinajstić information content (AvgIpc) is 2.50. The third kappa shape index (κ3) is 10.2. The molecule has 1 N–H and O–H groups in total. The Morgan fingerprint density at radius 2 is 1.96 bits per heavy atom. The summed E-state index contributed by atoms with van der Waals surface area (Å²) in [6.07, 6.45) is 8.27. The molecular formula is C19H29ClN2O. The third-order valence-corrected chi connectivity index (χ3v) is 3.43. The van der Waals surface area contributed by atoms with Gasteiger partial charge in [0, 0.05) is 5.02 Å². The maximum absolute atomic E-state index is 5.91. The third-order valence-electron chi connectivity index (χ3n) is 3.18. The molecule has 23 heavy (non-hydrogen) atoms. The van der Waals surface area contributed by atoms with Crippen molar-refractivity contribution in [3.05, 3.63) is 52.7 Å². The van der Waals surface area contributed by atoms with Gasteiger partial charge in [0.2, 0.25) is 0 Å². The maximum Gasteiger partial charge on any atom is 0.0758 e. The molecule has 128 valence electrons. The predicted octanol–water partition coefficient (Wildman–Crippen LogP) is 4.76. The first kappa shape index (κ1) is 19.8. The van der Waals surface area contributed by atoms with Crippen LogP contribution in [0.2, 0.25) is 5.02 Å². The van der Waals surface area contributed by atoms with Crippen molar-refractivity contribution in [3.8, 4) is 0 Å². The van der Waals surface area contributed by atoms with Gasteiger partial charge in [-0.1, -0.05) is 49.7 Å². The summed E-state index contributed by atoms with van der Waals surface area (Å²) in [7, 11) is 4.13. The van der Waals surface area contributed by atoms with E-state index in [2.05, 4.69) is 50.5 Å². The first-order chi connectivity index (χ1) is 11.0. The highest BCUT2D eigenvalue weighted by Crippen LogP contribution is 2.12. The van der Waals surface area contributed by atoms with Gasteiger partial charge in [0.05, 0.1) is 12.3 Å². The summed E-state index contributed by atoms with van der Waals surface area (Å²) in [6.45, 7) is 6.11. The van der Waals surface area contributed by atoms with Crippen LogP contribution in [0, 0.1) is 5.92 Å². The van der Waals surface area contributed by atoms with Crippen molar-refractivity contribution >= 4 is 17.7 Å². The van der Waals surface area contributed by atoms with Gasteiger partial charge in [-0.25, -0.2) is 0 Å². The molecule has 1 rings (SSSR count). The van der Waals surface area contributed by atoms with E-state index >= 15 is 0 Å². The van der Waals surface area contributed by atoms with E-state index < -0.39 is 0 Å². The van der Waals surface area contributed by atoms with Gasteiger partial charge >= 0.3 is 0 Å². The standard InChI is InChI=1S/C19H29ClN2O/c1-16(2)6-12-19(21-23-15-5-14-22(3)4)13-9-17-7-10-18(20)11-8-17/h7-13,16,21H,5-6,14-15H2,1-4H3. The number of rotatable bonds is 10. The van der Waals surface area contributed by atoms with Crippen LogP contribution in [-0.2, 0) is 4.84 Å². The Morgan fingerprint density at radius 1 is 1.26 bits per heavy atom. The van der Waals surface area contributed by atoms with Crippen LogP contribution in [0.1, 0.15) is 32.3 Å². The minimum atomic E-state index is 0.615. The number of hydrogen-bond donors (Lipinski definition) is 1. The molecule has 0 amide bonds. The Balaban J connectivity index is 2.54. The summed E-state index contributed by atoms with van der Waals surface area (Å²) < 4.78 is 0. The first-order valence-corrected chi connectivity index (χ1v) is 8.51. The minimum Gasteiger partial charge on any atom is -0.309 e. The summed E-state index contributed by atoms with van der Waals surface area (Å²) in [5, 5.41) is 0.750. The van der Waals surface area contributed by atoms with Crippen LogP contribution < -0.4 is 5.48 Å². The number of allylic oxidation sites excluding steroid dienone is 2. The van der Waals surface area contributed by atoms with E-state index in [0.29, 0.717) is 12.5 Å². The van der Waals surface area contributed by atoms with Crippen LogP contribution in [0.5, 0.6) is 0 Å². The molecule has 0 atom stereocenters. The Kier molecular flexibility index (Phi) is 9.69. The Bertz CT molecular complexity index is 493. The molecule has 0 unspecified atom stereocenters. The van der Waals surface area contributed by atoms with Gasteiger partial charge in [0.25, 0.3) is 0 Å². The summed E-state index contributed by atoms with van der Waals surface area (Å²) in [5.41, 5.74) is 5.16. The van der Waals surface area contributed by atoms with E-state index in [1.807, 2.05) is 30.3 Å². The lowest BCUT2D eigenvalue weighted by molar-refractivity contribution is 0.0598. The maximum atomic E-state index is 5.91. The van der Waals surface area contributed by atoms with E-state index in [0.717, 1.165) is 35.7 Å². The molecule has 0 bridgehead atoms. The number of nitrogens with zero attached hydrogens (tertiary/aromatic N) is 1. The molecule has 0 heterocycles. The molecule has 1 aromatic carbocycles. The average molecular weight is 337 g/mol. The minimum absolute atomic E-state index is 0.615. The Morgan fingerprint density at radius 3 is 2.57 bits per heavy atom. The summed E-state index contributed by atoms with van der Waals surface area (Å²) in [4.78, 5) is 7.72. The number of nitrogens with one attached hydrogen (secondary N) is 1. The summed E-state index contributed by atoms with van der Waals surface area (Å²) in [6, 6.07) is 7.78. The van der Waals surface area contributed by atoms with Crippen LogP contribution in [-0.4, -0.2) is 32.1 Å². The van der Waals surface area contributed by atoms with E-state index in [1.54, 1.807) is 0 Å². The zero-order valence-corrected chi connectivity index (χ0v) is 15.4. The van der Waals surface area contributed by atoms with Crippen molar-refractivity contribution < 1.29 is 4.84 Å². The zero-order chi connectivity index (χ0) is 17.1. The highest BCUT2D eigenvalue weighted by atomic mass is 35.5. The molecule has 3 nitrogen and oxygen atoms in total. The topological polar surface area (TPSA) is 24.5 Å². The molecule has 0 aromatic heterocycles. The molecule has 0 fully saturated rings. The highest BCUT2D eigenvalue weighted by Gasteiger charge is 1.97. The van der Waals surface area contributed by atoms with Gasteiger partial charge < -0.3 is 4.90 Å². The van der Waals surface area contributed by atoms with Crippen molar-refractivity contribution in [3.63, 3.8) is 0 Å². The molecule has 0 radical (unpaired) electrons. The SMILES string of the molecule is CC(C)CC=C(C=Cc1ccc(Cl)cc1)NOCCCN(C)C. The van der Waals surface area contributed by atoms with E-state index in [4.69, 9.17) is 16.4 Å². The fourth-order valence-electron chi connectivity index (χ4n) is 1.85. The van der Waals surface area contributed by atoms with Crippen LogP contribution in [0.25, 0.3) is 6.08 Å². The number of benzene rings is 1. The van der Waals surface area contributed by atoms with E-state index in [9.17, 15) is 0 Å². The van der Waals surface area contributed by atoms with Crippen LogP contribution >= 0.6 is 11.6 Å². The van der Waals surface area contributed by atoms with Crippen molar-refractivity contribution in [1.82, 2.24) is 10.4 Å². The monoisotopic (exact) mass is 336 g/mol.